The number of hydrogen-bond donors (Lipinski definition) is 2. The van der Waals surface area contributed by atoms with Crippen LogP contribution in [0.25, 0.3) is 0 Å². The van der Waals surface area contributed by atoms with E-state index in [-0.39, 0.29) is 11.3 Å². The zero-order chi connectivity index (χ0) is 18.8. The Hall–Kier alpha value is -2.84. The molecule has 0 radical (unpaired) electrons. The van der Waals surface area contributed by atoms with E-state index in [1.807, 2.05) is 6.07 Å². The molecule has 134 valence electrons. The lowest BCUT2D eigenvalue weighted by molar-refractivity contribution is 0.0692. The molecule has 0 spiro atoms. The molecule has 0 atom stereocenters. The maximum atomic E-state index is 12.3. The largest absolute Gasteiger partial charge is 0.478 e. The predicted molar refractivity (Wildman–Crippen MR) is 95.9 cm³/mol. The van der Waals surface area contributed by atoms with Crippen molar-refractivity contribution >= 4 is 40.8 Å². The first-order chi connectivity index (χ1) is 12.3. The van der Waals surface area contributed by atoms with Gasteiger partial charge in [-0.05, 0) is 17.7 Å². The maximum Gasteiger partial charge on any atom is 0.339 e. The van der Waals surface area contributed by atoms with Gasteiger partial charge < -0.3 is 10.4 Å². The lowest BCUT2D eigenvalue weighted by Crippen LogP contribution is -2.16. The summed E-state index contributed by atoms with van der Waals surface area (Å²) in [5, 5.41) is 20.7. The number of carbonyl (C=O) groups is 2. The van der Waals surface area contributed by atoms with Crippen LogP contribution in [0.5, 0.6) is 0 Å². The number of carboxylic acid groups (broad SMARTS) is 1. The van der Waals surface area contributed by atoms with Crippen LogP contribution in [-0.4, -0.2) is 36.5 Å². The van der Waals surface area contributed by atoms with Crippen molar-refractivity contribution in [2.24, 2.45) is 7.05 Å². The summed E-state index contributed by atoms with van der Waals surface area (Å²) < 4.78 is 2.87. The molecule has 0 bridgehead atoms. The minimum atomic E-state index is -1.22. The molecule has 10 heteroatoms. The molecule has 0 saturated carbocycles. The van der Waals surface area contributed by atoms with Crippen molar-refractivity contribution in [2.45, 2.75) is 6.54 Å². The molecule has 0 aliphatic heterocycles. The Morgan fingerprint density at radius 3 is 2.69 bits per heavy atom. The van der Waals surface area contributed by atoms with Crippen molar-refractivity contribution in [3.05, 3.63) is 63.7 Å². The lowest BCUT2D eigenvalue weighted by Gasteiger charge is -2.04. The van der Waals surface area contributed by atoms with Crippen molar-refractivity contribution < 1.29 is 14.7 Å². The van der Waals surface area contributed by atoms with Gasteiger partial charge in [0.05, 0.1) is 28.5 Å². The Bertz CT molecular complexity index is 996. The summed E-state index contributed by atoms with van der Waals surface area (Å²) >= 11 is 11.9. The summed E-state index contributed by atoms with van der Waals surface area (Å²) in [4.78, 5) is 23.5. The number of anilines is 1. The highest BCUT2D eigenvalue weighted by Gasteiger charge is 2.21. The van der Waals surface area contributed by atoms with Crippen LogP contribution in [0.15, 0.2) is 36.8 Å². The fraction of sp³-hybridized carbons (Fsp3) is 0.125. The van der Waals surface area contributed by atoms with Crippen LogP contribution < -0.4 is 5.32 Å². The van der Waals surface area contributed by atoms with Crippen molar-refractivity contribution in [3.8, 4) is 0 Å². The smallest absolute Gasteiger partial charge is 0.339 e. The van der Waals surface area contributed by atoms with E-state index in [9.17, 15) is 9.59 Å². The second kappa shape index (κ2) is 7.19. The van der Waals surface area contributed by atoms with Crippen molar-refractivity contribution in [3.63, 3.8) is 0 Å². The Kier molecular flexibility index (Phi) is 4.97. The van der Waals surface area contributed by atoms with E-state index in [1.54, 1.807) is 30.1 Å². The topological polar surface area (TPSA) is 102 Å². The minimum absolute atomic E-state index is 0.169. The van der Waals surface area contributed by atoms with Gasteiger partial charge in [-0.25, -0.2) is 4.79 Å². The molecule has 1 aromatic carbocycles. The van der Waals surface area contributed by atoms with Gasteiger partial charge in [0, 0.05) is 19.4 Å². The minimum Gasteiger partial charge on any atom is -0.478 e. The molecule has 0 aliphatic rings. The van der Waals surface area contributed by atoms with Crippen LogP contribution in [0.4, 0.5) is 5.69 Å². The Morgan fingerprint density at radius 1 is 1.23 bits per heavy atom. The molecule has 2 aromatic heterocycles. The first-order valence-electron chi connectivity index (χ1n) is 7.38. The Morgan fingerprint density at radius 2 is 2.00 bits per heavy atom. The van der Waals surface area contributed by atoms with Gasteiger partial charge in [-0.3, -0.25) is 14.2 Å². The average Bonchev–Trinajstić information content (AvgIpc) is 3.17. The summed E-state index contributed by atoms with van der Waals surface area (Å²) in [6.45, 7) is 0.427. The summed E-state index contributed by atoms with van der Waals surface area (Å²) in [5.41, 5.74) is 0.959. The Balaban J connectivity index is 1.73. The SMILES string of the molecule is Cn1cc(C(=O)O)c(C(=O)Nc2cnn(Cc3ccc(Cl)c(Cl)c3)c2)n1. The number of halogens is 2. The second-order valence-electron chi connectivity index (χ2n) is 5.50. The molecule has 1 amide bonds. The van der Waals surface area contributed by atoms with Crippen LogP contribution in [-0.2, 0) is 13.6 Å². The lowest BCUT2D eigenvalue weighted by atomic mass is 10.2. The third-order valence-corrected chi connectivity index (χ3v) is 4.23. The molecule has 26 heavy (non-hydrogen) atoms. The third kappa shape index (κ3) is 3.87. The van der Waals surface area contributed by atoms with Gasteiger partial charge >= 0.3 is 5.97 Å². The van der Waals surface area contributed by atoms with E-state index in [2.05, 4.69) is 15.5 Å². The van der Waals surface area contributed by atoms with E-state index in [0.29, 0.717) is 22.3 Å². The van der Waals surface area contributed by atoms with Crippen LogP contribution in [0.2, 0.25) is 10.0 Å². The Labute approximate surface area is 157 Å². The van der Waals surface area contributed by atoms with E-state index >= 15 is 0 Å². The number of rotatable bonds is 5. The van der Waals surface area contributed by atoms with Crippen LogP contribution in [0.3, 0.4) is 0 Å². The number of benzene rings is 1. The molecule has 2 N–H and O–H groups in total. The molecule has 0 aliphatic carbocycles. The molecule has 3 aromatic rings. The molecule has 2 heterocycles. The van der Waals surface area contributed by atoms with E-state index in [4.69, 9.17) is 28.3 Å². The van der Waals surface area contributed by atoms with E-state index in [0.717, 1.165) is 5.56 Å². The van der Waals surface area contributed by atoms with Gasteiger partial charge in [0.1, 0.15) is 5.56 Å². The van der Waals surface area contributed by atoms with Crippen molar-refractivity contribution in [2.75, 3.05) is 5.32 Å². The van der Waals surface area contributed by atoms with E-state index in [1.165, 1.54) is 17.1 Å². The number of nitrogens with zero attached hydrogens (tertiary/aromatic N) is 4. The average molecular weight is 394 g/mol. The highest BCUT2D eigenvalue weighted by molar-refractivity contribution is 6.42. The second-order valence-corrected chi connectivity index (χ2v) is 6.31. The number of amides is 1. The standard InChI is InChI=1S/C16H13Cl2N5O3/c1-22-8-11(16(25)26)14(21-22)15(24)20-10-5-19-23(7-10)6-9-2-3-12(17)13(18)4-9/h2-5,7-8H,6H2,1H3,(H,20,24)(H,25,26). The van der Waals surface area contributed by atoms with Crippen LogP contribution in [0.1, 0.15) is 26.4 Å². The first kappa shape index (κ1) is 18.0. The molecule has 3 rings (SSSR count). The fourth-order valence-electron chi connectivity index (χ4n) is 2.34. The van der Waals surface area contributed by atoms with Crippen molar-refractivity contribution in [1.29, 1.82) is 0 Å². The molecule has 0 unspecified atom stereocenters. The number of carbonyl (C=O) groups excluding carboxylic acids is 1. The molecular formula is C16H13Cl2N5O3. The quantitative estimate of drug-likeness (QED) is 0.693. The molecule has 0 fully saturated rings. The van der Waals surface area contributed by atoms with E-state index < -0.39 is 11.9 Å². The number of hydrogen-bond acceptors (Lipinski definition) is 4. The highest BCUT2D eigenvalue weighted by atomic mass is 35.5. The van der Waals surface area contributed by atoms with Crippen LogP contribution in [0, 0.1) is 0 Å². The fourth-order valence-corrected chi connectivity index (χ4v) is 2.66. The number of nitrogens with one attached hydrogen (secondary N) is 1. The maximum absolute atomic E-state index is 12.3. The van der Waals surface area contributed by atoms with Crippen molar-refractivity contribution in [1.82, 2.24) is 19.6 Å². The summed E-state index contributed by atoms with van der Waals surface area (Å²) in [6, 6.07) is 5.25. The summed E-state index contributed by atoms with van der Waals surface area (Å²) in [6.07, 6.45) is 4.34. The number of aromatic nitrogens is 4. The number of carboxylic acids is 1. The normalized spacial score (nSPS) is 10.7. The summed E-state index contributed by atoms with van der Waals surface area (Å²) in [5.74, 6) is -1.85. The summed E-state index contributed by atoms with van der Waals surface area (Å²) in [7, 11) is 1.54. The van der Waals surface area contributed by atoms with Gasteiger partial charge in [0.2, 0.25) is 0 Å². The highest BCUT2D eigenvalue weighted by Crippen LogP contribution is 2.23. The first-order valence-corrected chi connectivity index (χ1v) is 8.14. The van der Waals surface area contributed by atoms with Gasteiger partial charge in [0.15, 0.2) is 5.69 Å². The molecular weight excluding hydrogens is 381 g/mol. The van der Waals surface area contributed by atoms with Gasteiger partial charge in [-0.2, -0.15) is 10.2 Å². The van der Waals surface area contributed by atoms with Gasteiger partial charge in [-0.1, -0.05) is 29.3 Å². The van der Waals surface area contributed by atoms with Crippen LogP contribution >= 0.6 is 23.2 Å². The predicted octanol–water partition coefficient (Wildman–Crippen LogP) is 2.92. The zero-order valence-corrected chi connectivity index (χ0v) is 15.0. The number of aryl methyl sites for hydroxylation is 1. The van der Waals surface area contributed by atoms with Gasteiger partial charge in [0.25, 0.3) is 5.91 Å². The van der Waals surface area contributed by atoms with Gasteiger partial charge in [-0.15, -0.1) is 0 Å². The monoisotopic (exact) mass is 393 g/mol. The molecule has 8 nitrogen and oxygen atoms in total. The third-order valence-electron chi connectivity index (χ3n) is 3.49. The molecule has 0 saturated heterocycles. The zero-order valence-electron chi connectivity index (χ0n) is 13.5. The number of aromatic carboxylic acids is 1.